The molecule has 1 unspecified atom stereocenters. The van der Waals surface area contributed by atoms with Crippen molar-refractivity contribution in [2.45, 2.75) is 45.8 Å². The molecule has 0 aliphatic carbocycles. The first-order chi connectivity index (χ1) is 7.72. The zero-order valence-corrected chi connectivity index (χ0v) is 10.5. The van der Waals surface area contributed by atoms with Crippen LogP contribution >= 0.6 is 0 Å². The van der Waals surface area contributed by atoms with Gasteiger partial charge in [-0.1, -0.05) is 27.2 Å². The number of alkyl halides is 3. The van der Waals surface area contributed by atoms with Gasteiger partial charge >= 0.3 is 6.18 Å². The van der Waals surface area contributed by atoms with Gasteiger partial charge in [-0.2, -0.15) is 13.2 Å². The second kappa shape index (κ2) is 6.83. The number of hydrogen-bond donors (Lipinski definition) is 1. The fourth-order valence-corrected chi connectivity index (χ4v) is 1.46. The van der Waals surface area contributed by atoms with Gasteiger partial charge in [-0.25, -0.2) is 0 Å². The molecule has 0 aliphatic heterocycles. The van der Waals surface area contributed by atoms with Crippen molar-refractivity contribution in [2.75, 3.05) is 13.1 Å². The lowest BCUT2D eigenvalue weighted by Gasteiger charge is -2.28. The van der Waals surface area contributed by atoms with Crippen LogP contribution in [0.25, 0.3) is 0 Å². The first-order valence-corrected chi connectivity index (χ1v) is 5.84. The first kappa shape index (κ1) is 16.2. The predicted molar refractivity (Wildman–Crippen MR) is 60.4 cm³/mol. The van der Waals surface area contributed by atoms with Gasteiger partial charge in [0.25, 0.3) is 0 Å². The van der Waals surface area contributed by atoms with E-state index >= 15 is 0 Å². The zero-order valence-electron chi connectivity index (χ0n) is 10.5. The molecule has 0 rings (SSSR count). The molecule has 6 heteroatoms. The summed E-state index contributed by atoms with van der Waals surface area (Å²) in [5.74, 6) is -0.728. The van der Waals surface area contributed by atoms with Gasteiger partial charge in [0.1, 0.15) is 6.54 Å². The molecule has 0 aromatic heterocycles. The van der Waals surface area contributed by atoms with Gasteiger partial charge in [-0.15, -0.1) is 0 Å². The molecule has 3 nitrogen and oxygen atoms in total. The number of halogens is 3. The number of nitrogens with two attached hydrogens (primary N) is 1. The minimum Gasteiger partial charge on any atom is -0.332 e. The Bertz CT molecular complexity index is 243. The van der Waals surface area contributed by atoms with Crippen LogP contribution in [0, 0.1) is 5.92 Å². The third-order valence-electron chi connectivity index (χ3n) is 2.72. The number of rotatable bonds is 6. The molecule has 0 aromatic rings. The number of nitrogens with zero attached hydrogens (tertiary/aromatic N) is 1. The fraction of sp³-hybridized carbons (Fsp3) is 0.909. The number of carbonyl (C=O) groups excluding carboxylic acids is 1. The van der Waals surface area contributed by atoms with E-state index in [2.05, 4.69) is 0 Å². The average molecular weight is 254 g/mol. The number of amides is 1. The highest BCUT2D eigenvalue weighted by Crippen LogP contribution is 2.18. The van der Waals surface area contributed by atoms with E-state index in [0.29, 0.717) is 12.8 Å². The van der Waals surface area contributed by atoms with Crippen molar-refractivity contribution in [3.8, 4) is 0 Å². The summed E-state index contributed by atoms with van der Waals surface area (Å²) in [7, 11) is 0. The highest BCUT2D eigenvalue weighted by Gasteiger charge is 2.35. The van der Waals surface area contributed by atoms with Crippen molar-refractivity contribution >= 4 is 5.91 Å². The van der Waals surface area contributed by atoms with Crippen molar-refractivity contribution in [2.24, 2.45) is 11.7 Å². The quantitative estimate of drug-likeness (QED) is 0.789. The third-order valence-corrected chi connectivity index (χ3v) is 2.72. The second-order valence-electron chi connectivity index (χ2n) is 4.29. The highest BCUT2D eigenvalue weighted by molar-refractivity contribution is 5.82. The van der Waals surface area contributed by atoms with Crippen LogP contribution in [0.2, 0.25) is 0 Å². The molecule has 0 aliphatic rings. The molecule has 0 spiro atoms. The Kier molecular flexibility index (Phi) is 6.52. The molecule has 0 saturated carbocycles. The molecular weight excluding hydrogens is 233 g/mol. The summed E-state index contributed by atoms with van der Waals surface area (Å²) in [6.45, 7) is 4.21. The van der Waals surface area contributed by atoms with Crippen LogP contribution in [0.1, 0.15) is 33.6 Å². The number of carbonyl (C=O) groups is 1. The van der Waals surface area contributed by atoms with Crippen LogP contribution in [-0.2, 0) is 4.79 Å². The maximum Gasteiger partial charge on any atom is 0.406 e. The Balaban J connectivity index is 4.64. The minimum atomic E-state index is -4.37. The third kappa shape index (κ3) is 5.91. The summed E-state index contributed by atoms with van der Waals surface area (Å²) in [5.41, 5.74) is 5.66. The topological polar surface area (TPSA) is 46.3 Å². The molecule has 102 valence electrons. The zero-order chi connectivity index (χ0) is 13.6. The molecule has 0 fully saturated rings. The molecule has 0 radical (unpaired) electrons. The lowest BCUT2D eigenvalue weighted by atomic mass is 9.99. The molecule has 17 heavy (non-hydrogen) atoms. The van der Waals surface area contributed by atoms with Gasteiger partial charge < -0.3 is 10.6 Å². The van der Waals surface area contributed by atoms with E-state index in [0.717, 1.165) is 4.90 Å². The van der Waals surface area contributed by atoms with Crippen LogP contribution in [0.3, 0.4) is 0 Å². The maximum absolute atomic E-state index is 12.3. The van der Waals surface area contributed by atoms with E-state index < -0.39 is 24.7 Å². The van der Waals surface area contributed by atoms with Crippen molar-refractivity contribution in [1.82, 2.24) is 4.90 Å². The summed E-state index contributed by atoms with van der Waals surface area (Å²) >= 11 is 0. The van der Waals surface area contributed by atoms with Gasteiger partial charge in [0.15, 0.2) is 0 Å². The van der Waals surface area contributed by atoms with E-state index in [1.54, 1.807) is 13.8 Å². The van der Waals surface area contributed by atoms with Gasteiger partial charge in [-0.05, 0) is 12.3 Å². The standard InChI is InChI=1S/C11H21F3N2O/c1-4-6-16(7-11(12,13)14)10(17)9(15)8(3)5-2/h8-9H,4-7,15H2,1-3H3/t8?,9-/m0/s1. The predicted octanol–water partition coefficient (Wildman–Crippen LogP) is 2.16. The van der Waals surface area contributed by atoms with Gasteiger partial charge in [0, 0.05) is 6.54 Å². The Hall–Kier alpha value is -0.780. The van der Waals surface area contributed by atoms with Crippen LogP contribution in [-0.4, -0.2) is 36.1 Å². The van der Waals surface area contributed by atoms with Crippen molar-refractivity contribution in [3.05, 3.63) is 0 Å². The van der Waals surface area contributed by atoms with E-state index in [9.17, 15) is 18.0 Å². The highest BCUT2D eigenvalue weighted by atomic mass is 19.4. The lowest BCUT2D eigenvalue weighted by molar-refractivity contribution is -0.162. The maximum atomic E-state index is 12.3. The Labute approximate surface area is 100 Å². The molecule has 0 saturated heterocycles. The largest absolute Gasteiger partial charge is 0.406 e. The van der Waals surface area contributed by atoms with Crippen LogP contribution in [0.5, 0.6) is 0 Å². The second-order valence-corrected chi connectivity index (χ2v) is 4.29. The van der Waals surface area contributed by atoms with Gasteiger partial charge in [0.05, 0.1) is 6.04 Å². The minimum absolute atomic E-state index is 0.0858. The van der Waals surface area contributed by atoms with E-state index in [1.165, 1.54) is 0 Å². The van der Waals surface area contributed by atoms with E-state index in [4.69, 9.17) is 5.73 Å². The summed E-state index contributed by atoms with van der Waals surface area (Å²) in [4.78, 5) is 12.6. The summed E-state index contributed by atoms with van der Waals surface area (Å²) < 4.78 is 36.9. The average Bonchev–Trinajstić information content (AvgIpc) is 2.23. The van der Waals surface area contributed by atoms with Crippen molar-refractivity contribution in [3.63, 3.8) is 0 Å². The van der Waals surface area contributed by atoms with Crippen molar-refractivity contribution < 1.29 is 18.0 Å². The fourth-order valence-electron chi connectivity index (χ4n) is 1.46. The van der Waals surface area contributed by atoms with Crippen molar-refractivity contribution in [1.29, 1.82) is 0 Å². The molecule has 0 bridgehead atoms. The molecular formula is C11H21F3N2O. The van der Waals surface area contributed by atoms with E-state index in [1.807, 2.05) is 6.92 Å². The Morgan fingerprint density at radius 3 is 2.24 bits per heavy atom. The molecule has 0 aromatic carbocycles. The van der Waals surface area contributed by atoms with Gasteiger partial charge in [0.2, 0.25) is 5.91 Å². The molecule has 0 heterocycles. The summed E-state index contributed by atoms with van der Waals surface area (Å²) in [6, 6.07) is -0.853. The normalized spacial score (nSPS) is 15.5. The van der Waals surface area contributed by atoms with Gasteiger partial charge in [-0.3, -0.25) is 4.79 Å². The molecule has 2 atom stereocenters. The van der Waals surface area contributed by atoms with Crippen LogP contribution < -0.4 is 5.73 Å². The van der Waals surface area contributed by atoms with E-state index in [-0.39, 0.29) is 12.5 Å². The first-order valence-electron chi connectivity index (χ1n) is 5.84. The Morgan fingerprint density at radius 2 is 1.88 bits per heavy atom. The SMILES string of the molecule is CCCN(CC(F)(F)F)C(=O)[C@@H](N)C(C)CC. The Morgan fingerprint density at radius 1 is 1.35 bits per heavy atom. The molecule has 1 amide bonds. The number of hydrogen-bond acceptors (Lipinski definition) is 2. The van der Waals surface area contributed by atoms with Crippen LogP contribution in [0.15, 0.2) is 0 Å². The summed E-state index contributed by atoms with van der Waals surface area (Å²) in [6.07, 6.45) is -3.23. The summed E-state index contributed by atoms with van der Waals surface area (Å²) in [5, 5.41) is 0. The van der Waals surface area contributed by atoms with Crippen LogP contribution in [0.4, 0.5) is 13.2 Å². The monoisotopic (exact) mass is 254 g/mol. The molecule has 2 N–H and O–H groups in total. The lowest BCUT2D eigenvalue weighted by Crippen LogP contribution is -2.50. The smallest absolute Gasteiger partial charge is 0.332 e.